The van der Waals surface area contributed by atoms with Crippen LogP contribution in [0.1, 0.15) is 24.9 Å². The van der Waals surface area contributed by atoms with Gasteiger partial charge in [-0.1, -0.05) is 66.7 Å². The predicted octanol–water partition coefficient (Wildman–Crippen LogP) is 4.25. The molecule has 1 heterocycles. The second-order valence-corrected chi connectivity index (χ2v) is 12.7. The molecule has 1 fully saturated rings. The summed E-state index contributed by atoms with van der Waals surface area (Å²) < 4.78 is 47.2. The molecule has 1 saturated heterocycles. The quantitative estimate of drug-likeness (QED) is 0.251. The minimum atomic E-state index is -3.97. The van der Waals surface area contributed by atoms with Gasteiger partial charge in [0, 0.05) is 18.7 Å². The highest BCUT2D eigenvalue weighted by Crippen LogP contribution is 2.32. The molecule has 3 atom stereocenters. The Hall–Kier alpha value is -3.51. The maximum absolute atomic E-state index is 13.6. The van der Waals surface area contributed by atoms with E-state index in [1.165, 1.54) is 40.3 Å². The number of rotatable bonds is 11. The number of nitrogens with two attached hydrogens (primary N) is 1. The monoisotopic (exact) mass is 597 g/mol. The van der Waals surface area contributed by atoms with E-state index in [4.69, 9.17) is 10.5 Å². The second-order valence-electron chi connectivity index (χ2n) is 9.62. The van der Waals surface area contributed by atoms with E-state index in [0.29, 0.717) is 16.9 Å². The van der Waals surface area contributed by atoms with Gasteiger partial charge >= 0.3 is 5.97 Å². The van der Waals surface area contributed by atoms with Crippen molar-refractivity contribution in [2.24, 2.45) is 5.73 Å². The topological polar surface area (TPSA) is 119 Å². The van der Waals surface area contributed by atoms with E-state index < -0.39 is 45.2 Å². The molecule has 3 aromatic carbocycles. The summed E-state index contributed by atoms with van der Waals surface area (Å²) in [5.41, 5.74) is 8.63. The third-order valence-electron chi connectivity index (χ3n) is 6.67. The molecule has 0 spiro atoms. The van der Waals surface area contributed by atoms with Crippen LogP contribution in [0.15, 0.2) is 95.9 Å². The van der Waals surface area contributed by atoms with Crippen LogP contribution >= 0.6 is 11.8 Å². The van der Waals surface area contributed by atoms with Crippen LogP contribution < -0.4 is 11.1 Å². The van der Waals surface area contributed by atoms with Crippen molar-refractivity contribution in [3.63, 3.8) is 0 Å². The lowest BCUT2D eigenvalue weighted by Crippen LogP contribution is -2.45. The van der Waals surface area contributed by atoms with E-state index in [0.717, 1.165) is 11.1 Å². The molecule has 0 radical (unpaired) electrons. The SMILES string of the molecule is C=C(C)[C@H](N)C(=O)OCCC(NC(=O)[C@@H]1SCCN1S(=O)(=O)c1ccc(-c2ccccc2)cc1)c1ccc(F)cc1. The molecule has 3 aromatic rings. The second kappa shape index (κ2) is 13.4. The number of amides is 1. The van der Waals surface area contributed by atoms with Gasteiger partial charge in [0.25, 0.3) is 0 Å². The summed E-state index contributed by atoms with van der Waals surface area (Å²) >= 11 is 1.22. The zero-order valence-corrected chi connectivity index (χ0v) is 24.2. The third kappa shape index (κ3) is 7.42. The average molecular weight is 598 g/mol. The fourth-order valence-electron chi connectivity index (χ4n) is 4.32. The summed E-state index contributed by atoms with van der Waals surface area (Å²) in [6.07, 6.45) is 0.164. The summed E-state index contributed by atoms with van der Waals surface area (Å²) in [5.74, 6) is -1.17. The number of halogens is 1. The summed E-state index contributed by atoms with van der Waals surface area (Å²) in [4.78, 5) is 25.7. The Kier molecular flexibility index (Phi) is 9.98. The Bertz CT molecular complexity index is 1480. The van der Waals surface area contributed by atoms with Crippen LogP contribution in [0.5, 0.6) is 0 Å². The van der Waals surface area contributed by atoms with Gasteiger partial charge in [0.05, 0.1) is 17.5 Å². The Morgan fingerprint density at radius 2 is 1.71 bits per heavy atom. The highest BCUT2D eigenvalue weighted by molar-refractivity contribution is 8.02. The van der Waals surface area contributed by atoms with Crippen molar-refractivity contribution in [1.82, 2.24) is 9.62 Å². The minimum Gasteiger partial charge on any atom is -0.464 e. The van der Waals surface area contributed by atoms with Crippen LogP contribution in [0, 0.1) is 5.82 Å². The van der Waals surface area contributed by atoms with Gasteiger partial charge in [-0.25, -0.2) is 12.8 Å². The zero-order chi connectivity index (χ0) is 29.6. The summed E-state index contributed by atoms with van der Waals surface area (Å²) in [6.45, 7) is 5.36. The summed E-state index contributed by atoms with van der Waals surface area (Å²) in [7, 11) is -3.97. The molecule has 0 aromatic heterocycles. The van der Waals surface area contributed by atoms with E-state index in [1.807, 2.05) is 30.3 Å². The Balaban J connectivity index is 1.48. The number of nitrogens with zero attached hydrogens (tertiary/aromatic N) is 1. The third-order valence-corrected chi connectivity index (χ3v) is 9.88. The van der Waals surface area contributed by atoms with E-state index in [9.17, 15) is 22.4 Å². The lowest BCUT2D eigenvalue weighted by molar-refractivity contribution is -0.144. The van der Waals surface area contributed by atoms with Gasteiger partial charge in [0.15, 0.2) is 0 Å². The van der Waals surface area contributed by atoms with Gasteiger partial charge in [0.1, 0.15) is 17.2 Å². The van der Waals surface area contributed by atoms with Crippen molar-refractivity contribution in [2.75, 3.05) is 18.9 Å². The number of hydrogen-bond donors (Lipinski definition) is 2. The number of sulfonamides is 1. The first-order valence-corrected chi connectivity index (χ1v) is 15.5. The largest absolute Gasteiger partial charge is 0.464 e. The maximum Gasteiger partial charge on any atom is 0.327 e. The fraction of sp³-hybridized carbons (Fsp3) is 0.267. The first-order chi connectivity index (χ1) is 19.6. The number of ether oxygens (including phenoxy) is 1. The van der Waals surface area contributed by atoms with Crippen molar-refractivity contribution in [1.29, 1.82) is 0 Å². The normalized spacial score (nSPS) is 17.0. The van der Waals surface area contributed by atoms with Gasteiger partial charge < -0.3 is 15.8 Å². The molecule has 4 rings (SSSR count). The molecule has 11 heteroatoms. The molecule has 0 aliphatic carbocycles. The number of carbonyl (C=O) groups excluding carboxylic acids is 2. The molecule has 216 valence electrons. The maximum atomic E-state index is 13.6. The number of hydrogen-bond acceptors (Lipinski definition) is 7. The molecule has 1 unspecified atom stereocenters. The van der Waals surface area contributed by atoms with E-state index >= 15 is 0 Å². The van der Waals surface area contributed by atoms with Crippen LogP contribution in [0.2, 0.25) is 0 Å². The number of carbonyl (C=O) groups is 2. The highest BCUT2D eigenvalue weighted by Gasteiger charge is 2.40. The average Bonchev–Trinajstić information content (AvgIpc) is 3.48. The standard InChI is InChI=1S/C30H32FN3O5S2/c1-20(2)27(32)30(36)39-18-16-26(23-8-12-24(31)13-9-23)33-28(35)29-34(17-19-40-29)41(37,38)25-14-10-22(11-15-25)21-6-4-3-5-7-21/h3-15,26-27,29H,1,16-19,32H2,2H3,(H,33,35)/t26?,27-,29-/m0/s1. The fourth-order valence-corrected chi connectivity index (χ4v) is 7.41. The van der Waals surface area contributed by atoms with Crippen LogP contribution in [0.3, 0.4) is 0 Å². The molecule has 3 N–H and O–H groups in total. The number of esters is 1. The molecule has 0 saturated carbocycles. The molecule has 1 aliphatic heterocycles. The predicted molar refractivity (Wildman–Crippen MR) is 158 cm³/mol. The lowest BCUT2D eigenvalue weighted by Gasteiger charge is -2.26. The minimum absolute atomic E-state index is 0.0737. The molecule has 8 nitrogen and oxygen atoms in total. The molecule has 1 aliphatic rings. The van der Waals surface area contributed by atoms with Crippen molar-refractivity contribution in [3.8, 4) is 11.1 Å². The van der Waals surface area contributed by atoms with E-state index in [-0.39, 0.29) is 24.5 Å². The number of benzene rings is 3. The van der Waals surface area contributed by atoms with E-state index in [2.05, 4.69) is 11.9 Å². The Morgan fingerprint density at radius 1 is 1.07 bits per heavy atom. The first-order valence-electron chi connectivity index (χ1n) is 13.0. The Labute approximate surface area is 243 Å². The van der Waals surface area contributed by atoms with Crippen molar-refractivity contribution in [2.45, 2.75) is 35.7 Å². The van der Waals surface area contributed by atoms with E-state index in [1.54, 1.807) is 31.2 Å². The van der Waals surface area contributed by atoms with Crippen molar-refractivity contribution >= 4 is 33.7 Å². The molecule has 0 bridgehead atoms. The summed E-state index contributed by atoms with van der Waals surface area (Å²) in [6, 6.07) is 20.1. The summed E-state index contributed by atoms with van der Waals surface area (Å²) in [5, 5.41) is 1.87. The van der Waals surface area contributed by atoms with Gasteiger partial charge in [-0.05, 0) is 47.9 Å². The Morgan fingerprint density at radius 3 is 2.34 bits per heavy atom. The smallest absolute Gasteiger partial charge is 0.327 e. The number of thioether (sulfide) groups is 1. The molecular formula is C30H32FN3O5S2. The van der Waals surface area contributed by atoms with Crippen molar-refractivity contribution in [3.05, 3.63) is 102 Å². The van der Waals surface area contributed by atoms with Crippen LogP contribution in [-0.2, 0) is 24.3 Å². The molecule has 1 amide bonds. The van der Waals surface area contributed by atoms with Crippen LogP contribution in [0.4, 0.5) is 4.39 Å². The highest BCUT2D eigenvalue weighted by atomic mass is 32.2. The number of nitrogens with one attached hydrogen (secondary N) is 1. The van der Waals surface area contributed by atoms with Crippen LogP contribution in [-0.4, -0.2) is 54.9 Å². The van der Waals surface area contributed by atoms with Gasteiger partial charge in [0.2, 0.25) is 15.9 Å². The van der Waals surface area contributed by atoms with Gasteiger partial charge in [-0.2, -0.15) is 4.31 Å². The van der Waals surface area contributed by atoms with Gasteiger partial charge in [-0.15, -0.1) is 11.8 Å². The van der Waals surface area contributed by atoms with Gasteiger partial charge in [-0.3, -0.25) is 9.59 Å². The van der Waals surface area contributed by atoms with Crippen LogP contribution in [0.25, 0.3) is 11.1 Å². The molecule has 41 heavy (non-hydrogen) atoms. The molecular weight excluding hydrogens is 565 g/mol. The van der Waals surface area contributed by atoms with Crippen molar-refractivity contribution < 1.29 is 27.1 Å². The first kappa shape index (κ1) is 30.4. The zero-order valence-electron chi connectivity index (χ0n) is 22.5. The lowest BCUT2D eigenvalue weighted by atomic mass is 10.0.